The number of rotatable bonds is 4. The number of hydrogen-bond acceptors (Lipinski definition) is 5. The fourth-order valence-corrected chi connectivity index (χ4v) is 2.59. The average Bonchev–Trinajstić information content (AvgIpc) is 2.38. The summed E-state index contributed by atoms with van der Waals surface area (Å²) in [4.78, 5) is 25.6. The molecule has 1 heterocycles. The minimum Gasteiger partial charge on any atom is -0.478 e. The van der Waals surface area contributed by atoms with Gasteiger partial charge in [0, 0.05) is 16.0 Å². The van der Waals surface area contributed by atoms with E-state index in [-0.39, 0.29) is 16.3 Å². The van der Waals surface area contributed by atoms with E-state index in [1.807, 2.05) is 0 Å². The molecule has 0 amide bonds. The van der Waals surface area contributed by atoms with Crippen LogP contribution < -0.4 is 0 Å². The summed E-state index contributed by atoms with van der Waals surface area (Å²) in [6, 6.07) is 7.79. The Morgan fingerprint density at radius 2 is 2.15 bits per heavy atom. The van der Waals surface area contributed by atoms with E-state index in [1.165, 1.54) is 0 Å². The third-order valence-corrected chi connectivity index (χ3v) is 3.53. The van der Waals surface area contributed by atoms with E-state index in [2.05, 4.69) is 4.98 Å². The average molecular weight is 311 g/mol. The summed E-state index contributed by atoms with van der Waals surface area (Å²) in [7, 11) is 0. The lowest BCUT2D eigenvalue weighted by Crippen LogP contribution is -2.02. The van der Waals surface area contributed by atoms with E-state index in [0.29, 0.717) is 9.92 Å². The van der Waals surface area contributed by atoms with Crippen LogP contribution >= 0.6 is 23.4 Å². The molecule has 0 aliphatic rings. The number of carboxylic acid groups (broad SMARTS) is 1. The summed E-state index contributed by atoms with van der Waals surface area (Å²) < 4.78 is 0. The number of aromatic nitrogens is 1. The van der Waals surface area contributed by atoms with Crippen molar-refractivity contribution in [2.24, 2.45) is 0 Å². The van der Waals surface area contributed by atoms with Crippen molar-refractivity contribution in [1.29, 1.82) is 0 Å². The number of pyridine rings is 1. The first-order chi connectivity index (χ1) is 9.47. The maximum atomic E-state index is 11.2. The molecule has 0 unspecified atom stereocenters. The second kappa shape index (κ2) is 5.89. The molecule has 0 saturated heterocycles. The van der Waals surface area contributed by atoms with E-state index in [0.717, 1.165) is 24.0 Å². The van der Waals surface area contributed by atoms with Crippen molar-refractivity contribution in [3.05, 3.63) is 57.2 Å². The predicted octanol–water partition coefficient (Wildman–Crippen LogP) is 3.49. The van der Waals surface area contributed by atoms with Gasteiger partial charge < -0.3 is 5.11 Å². The fraction of sp³-hybridized carbons (Fsp3) is 0. The molecule has 102 valence electrons. The molecule has 0 bridgehead atoms. The van der Waals surface area contributed by atoms with Gasteiger partial charge in [-0.05, 0) is 18.2 Å². The molecular formula is C12H7ClN2O4S. The first-order valence-electron chi connectivity index (χ1n) is 5.28. The highest BCUT2D eigenvalue weighted by molar-refractivity contribution is 7.99. The molecular weight excluding hydrogens is 304 g/mol. The minimum atomic E-state index is -1.27. The van der Waals surface area contributed by atoms with Crippen LogP contribution in [-0.2, 0) is 0 Å². The van der Waals surface area contributed by atoms with Crippen LogP contribution in [0.5, 0.6) is 0 Å². The normalized spacial score (nSPS) is 10.2. The van der Waals surface area contributed by atoms with E-state index < -0.39 is 10.9 Å². The highest BCUT2D eigenvalue weighted by Crippen LogP contribution is 2.31. The lowest BCUT2D eigenvalue weighted by Gasteiger charge is -2.05. The smallest absolute Gasteiger partial charge is 0.338 e. The van der Waals surface area contributed by atoms with Crippen LogP contribution in [-0.4, -0.2) is 21.0 Å². The van der Waals surface area contributed by atoms with Gasteiger partial charge >= 0.3 is 5.97 Å². The first-order valence-corrected chi connectivity index (χ1v) is 6.48. The van der Waals surface area contributed by atoms with Crippen molar-refractivity contribution in [2.75, 3.05) is 0 Å². The van der Waals surface area contributed by atoms with Crippen molar-refractivity contribution in [3.63, 3.8) is 0 Å². The topological polar surface area (TPSA) is 93.3 Å². The molecule has 6 nitrogen and oxygen atoms in total. The molecule has 0 spiro atoms. The molecule has 0 saturated carbocycles. The minimum absolute atomic E-state index is 0.172. The number of nitrogens with zero attached hydrogens (tertiary/aromatic N) is 2. The summed E-state index contributed by atoms with van der Waals surface area (Å²) >= 11 is 6.92. The predicted molar refractivity (Wildman–Crippen MR) is 73.4 cm³/mol. The monoisotopic (exact) mass is 310 g/mol. The third kappa shape index (κ3) is 3.25. The number of carbonyl (C=O) groups is 1. The van der Waals surface area contributed by atoms with Crippen LogP contribution in [0.2, 0.25) is 5.02 Å². The van der Waals surface area contributed by atoms with Crippen LogP contribution in [0, 0.1) is 10.1 Å². The molecule has 0 fully saturated rings. The third-order valence-electron chi connectivity index (χ3n) is 2.29. The van der Waals surface area contributed by atoms with Gasteiger partial charge in [0.2, 0.25) is 0 Å². The van der Waals surface area contributed by atoms with Crippen LogP contribution in [0.1, 0.15) is 10.4 Å². The van der Waals surface area contributed by atoms with Crippen molar-refractivity contribution < 1.29 is 14.8 Å². The zero-order valence-corrected chi connectivity index (χ0v) is 11.4. The summed E-state index contributed by atoms with van der Waals surface area (Å²) in [5.74, 6) is -1.27. The lowest BCUT2D eigenvalue weighted by atomic mass is 10.3. The van der Waals surface area contributed by atoms with E-state index in [1.54, 1.807) is 24.3 Å². The van der Waals surface area contributed by atoms with Gasteiger partial charge in [0.05, 0.1) is 10.5 Å². The Morgan fingerprint density at radius 1 is 1.40 bits per heavy atom. The van der Waals surface area contributed by atoms with Crippen molar-refractivity contribution in [3.8, 4) is 0 Å². The zero-order chi connectivity index (χ0) is 14.7. The Balaban J connectivity index is 2.41. The summed E-state index contributed by atoms with van der Waals surface area (Å²) in [6.45, 7) is 0. The van der Waals surface area contributed by atoms with Gasteiger partial charge in [0.25, 0.3) is 5.69 Å². The molecule has 8 heteroatoms. The maximum absolute atomic E-state index is 11.2. The van der Waals surface area contributed by atoms with Crippen LogP contribution in [0.25, 0.3) is 0 Å². The molecule has 0 atom stereocenters. The van der Waals surface area contributed by atoms with Gasteiger partial charge in [-0.1, -0.05) is 29.4 Å². The highest BCUT2D eigenvalue weighted by atomic mass is 35.5. The number of halogens is 1. The highest BCUT2D eigenvalue weighted by Gasteiger charge is 2.18. The second-order valence-electron chi connectivity index (χ2n) is 3.67. The molecule has 1 aromatic heterocycles. The summed E-state index contributed by atoms with van der Waals surface area (Å²) in [5, 5.41) is 20.4. The number of hydrogen-bond donors (Lipinski definition) is 1. The molecule has 0 radical (unpaired) electrons. The molecule has 1 aromatic carbocycles. The molecule has 0 aliphatic carbocycles. The van der Waals surface area contributed by atoms with E-state index >= 15 is 0 Å². The zero-order valence-electron chi connectivity index (χ0n) is 9.82. The molecule has 1 N–H and O–H groups in total. The van der Waals surface area contributed by atoms with E-state index in [4.69, 9.17) is 16.7 Å². The van der Waals surface area contributed by atoms with Gasteiger partial charge in [-0.3, -0.25) is 10.1 Å². The first kappa shape index (κ1) is 14.3. The Kier molecular flexibility index (Phi) is 4.21. The largest absolute Gasteiger partial charge is 0.478 e. The Labute approximate surface area is 122 Å². The number of carboxylic acids is 1. The van der Waals surface area contributed by atoms with Gasteiger partial charge in [-0.2, -0.15) is 0 Å². The summed E-state index contributed by atoms with van der Waals surface area (Å²) in [6.07, 6.45) is 1.03. The number of aromatic carboxylic acids is 1. The fourth-order valence-electron chi connectivity index (χ4n) is 1.42. The lowest BCUT2D eigenvalue weighted by molar-refractivity contribution is -0.385. The Hall–Kier alpha value is -2.12. The van der Waals surface area contributed by atoms with Crippen LogP contribution in [0.4, 0.5) is 5.69 Å². The standard InChI is InChI=1S/C12H7ClN2O4S/c13-7-2-1-3-9(4-7)20-11-10(12(16)17)5-8(6-14-11)15(18)19/h1-6H,(H,16,17). The van der Waals surface area contributed by atoms with Gasteiger partial charge in [-0.25, -0.2) is 9.78 Å². The maximum Gasteiger partial charge on any atom is 0.338 e. The Bertz CT molecular complexity index is 693. The molecule has 2 aromatic rings. The van der Waals surface area contributed by atoms with Crippen LogP contribution in [0.3, 0.4) is 0 Å². The van der Waals surface area contributed by atoms with Crippen molar-refractivity contribution >= 4 is 35.0 Å². The van der Waals surface area contributed by atoms with Gasteiger partial charge in [0.1, 0.15) is 11.2 Å². The molecule has 0 aliphatic heterocycles. The number of benzene rings is 1. The summed E-state index contributed by atoms with van der Waals surface area (Å²) in [5.41, 5.74) is -0.581. The molecule has 20 heavy (non-hydrogen) atoms. The van der Waals surface area contributed by atoms with Crippen LogP contribution in [0.15, 0.2) is 46.5 Å². The van der Waals surface area contributed by atoms with Crippen molar-refractivity contribution in [2.45, 2.75) is 9.92 Å². The van der Waals surface area contributed by atoms with Gasteiger partial charge in [0.15, 0.2) is 0 Å². The quantitative estimate of drug-likeness (QED) is 0.686. The van der Waals surface area contributed by atoms with Gasteiger partial charge in [-0.15, -0.1) is 0 Å². The van der Waals surface area contributed by atoms with E-state index in [9.17, 15) is 14.9 Å². The second-order valence-corrected chi connectivity index (χ2v) is 5.17. The Morgan fingerprint density at radius 3 is 2.75 bits per heavy atom. The SMILES string of the molecule is O=C(O)c1cc([N+](=O)[O-])cnc1Sc1cccc(Cl)c1. The number of nitro groups is 1. The molecule has 2 rings (SSSR count). The van der Waals surface area contributed by atoms with Crippen molar-refractivity contribution in [1.82, 2.24) is 4.98 Å².